The van der Waals surface area contributed by atoms with Crippen LogP contribution in [0.15, 0.2) is 91.5 Å². The molecule has 0 atom stereocenters. The van der Waals surface area contributed by atoms with Gasteiger partial charge in [-0.25, -0.2) is 0 Å². The van der Waals surface area contributed by atoms with Crippen molar-refractivity contribution in [3.8, 4) is 0 Å². The molecule has 2 aliphatic rings. The van der Waals surface area contributed by atoms with E-state index in [1.807, 2.05) is 6.56 Å². The van der Waals surface area contributed by atoms with Gasteiger partial charge in [0.05, 0.1) is 0 Å². The fourth-order valence-corrected chi connectivity index (χ4v) is 21.9. The SMILES string of the molecule is C[Si](C)=[Zr]([C]1=C(c2ccccc2)C=CC1)[C]1=C(c2ccccc2)C=CC1.Cl.Cl. The summed E-state index contributed by atoms with van der Waals surface area (Å²) in [6.45, 7) is 5.11. The van der Waals surface area contributed by atoms with Gasteiger partial charge in [0.15, 0.2) is 0 Å². The average Bonchev–Trinajstić information content (AvgIpc) is 3.33. The van der Waals surface area contributed by atoms with Crippen molar-refractivity contribution in [1.29, 1.82) is 0 Å². The fraction of sp³-hybridized carbons (Fsp3) is 0.167. The molecule has 0 aliphatic heterocycles. The van der Waals surface area contributed by atoms with E-state index in [0.717, 1.165) is 0 Å². The molecule has 0 saturated heterocycles. The van der Waals surface area contributed by atoms with Gasteiger partial charge in [-0.05, 0) is 0 Å². The Kier molecular flexibility index (Phi) is 8.96. The second-order valence-corrected chi connectivity index (χ2v) is 24.2. The molecular weight excluding hydrogens is 478 g/mol. The Labute approximate surface area is 189 Å². The summed E-state index contributed by atoms with van der Waals surface area (Å²) in [5.41, 5.74) is 5.58. The Morgan fingerprint density at radius 1 is 0.643 bits per heavy atom. The van der Waals surface area contributed by atoms with Crippen LogP contribution < -0.4 is 0 Å². The Hall–Kier alpha value is -0.920. The van der Waals surface area contributed by atoms with Crippen LogP contribution in [0.2, 0.25) is 13.1 Å². The van der Waals surface area contributed by atoms with Crippen molar-refractivity contribution >= 4 is 41.4 Å². The van der Waals surface area contributed by atoms with Gasteiger partial charge in [0.1, 0.15) is 0 Å². The first kappa shape index (κ1) is 23.4. The monoisotopic (exact) mass is 502 g/mol. The molecule has 2 aromatic rings. The average molecular weight is 505 g/mol. The first-order valence-electron chi connectivity index (χ1n) is 9.34. The van der Waals surface area contributed by atoms with E-state index < -0.39 is 20.4 Å². The van der Waals surface area contributed by atoms with Crippen molar-refractivity contribution in [2.45, 2.75) is 25.9 Å². The van der Waals surface area contributed by atoms with E-state index in [2.05, 4.69) is 98.1 Å². The number of halogens is 2. The summed E-state index contributed by atoms with van der Waals surface area (Å²) in [7, 11) is 0. The van der Waals surface area contributed by atoms with E-state index in [9.17, 15) is 0 Å². The van der Waals surface area contributed by atoms with E-state index >= 15 is 0 Å². The van der Waals surface area contributed by atoms with Crippen molar-refractivity contribution < 1.29 is 20.4 Å². The van der Waals surface area contributed by atoms with E-state index in [1.54, 1.807) is 0 Å². The van der Waals surface area contributed by atoms with Crippen LogP contribution in [0.3, 0.4) is 0 Å². The molecule has 0 fully saturated rings. The van der Waals surface area contributed by atoms with Crippen molar-refractivity contribution in [3.63, 3.8) is 0 Å². The molecule has 4 rings (SSSR count). The number of hydrogen-bond donors (Lipinski definition) is 0. The molecule has 4 heteroatoms. The topological polar surface area (TPSA) is 0 Å². The van der Waals surface area contributed by atoms with Crippen molar-refractivity contribution in [2.75, 3.05) is 0 Å². The third-order valence-electron chi connectivity index (χ3n) is 5.14. The van der Waals surface area contributed by atoms with E-state index in [0.29, 0.717) is 0 Å². The van der Waals surface area contributed by atoms with Crippen LogP contribution in [0, 0.1) is 0 Å². The maximum atomic E-state index is 2.56. The molecule has 0 amide bonds. The molecule has 2 aromatic carbocycles. The summed E-state index contributed by atoms with van der Waals surface area (Å²) in [5, 5.41) is 0. The van der Waals surface area contributed by atoms with Crippen LogP contribution in [0.4, 0.5) is 0 Å². The second kappa shape index (κ2) is 10.7. The van der Waals surface area contributed by atoms with Gasteiger partial charge in [0.2, 0.25) is 0 Å². The zero-order valence-corrected chi connectivity index (χ0v) is 21.4. The second-order valence-electron chi connectivity index (χ2n) is 7.10. The molecule has 144 valence electrons. The molecule has 28 heavy (non-hydrogen) atoms. The molecule has 2 aliphatic carbocycles. The number of rotatable bonds is 4. The third-order valence-corrected chi connectivity index (χ3v) is 22.4. The summed E-state index contributed by atoms with van der Waals surface area (Å²) < 4.78 is 3.65. The normalized spacial score (nSPS) is 14.8. The van der Waals surface area contributed by atoms with Gasteiger partial charge in [0.25, 0.3) is 0 Å². The first-order chi connectivity index (χ1) is 12.8. The Morgan fingerprint density at radius 2 is 1.04 bits per heavy atom. The van der Waals surface area contributed by atoms with Gasteiger partial charge in [-0.3, -0.25) is 0 Å². The molecule has 0 heterocycles. The molecule has 0 N–H and O–H groups in total. The maximum Gasteiger partial charge on any atom is -0.147 e. The van der Waals surface area contributed by atoms with Gasteiger partial charge in [-0.15, -0.1) is 24.8 Å². The van der Waals surface area contributed by atoms with Crippen molar-refractivity contribution in [2.24, 2.45) is 0 Å². The van der Waals surface area contributed by atoms with Crippen molar-refractivity contribution in [1.82, 2.24) is 0 Å². The minimum absolute atomic E-state index is 0. The van der Waals surface area contributed by atoms with E-state index in [4.69, 9.17) is 0 Å². The largest absolute Gasteiger partial charge is 0.147 e. The maximum absolute atomic E-state index is 2.56. The molecule has 0 nitrogen and oxygen atoms in total. The summed E-state index contributed by atoms with van der Waals surface area (Å²) >= 11 is -1.85. The van der Waals surface area contributed by atoms with Gasteiger partial charge >= 0.3 is 166 Å². The molecular formula is C24H26Cl2SiZr. The number of benzene rings is 2. The van der Waals surface area contributed by atoms with Crippen LogP contribution in [-0.2, 0) is 20.4 Å². The smallest absolute Gasteiger partial charge is 0.147 e. The molecule has 0 saturated carbocycles. The van der Waals surface area contributed by atoms with Gasteiger partial charge in [-0.2, -0.15) is 0 Å². The fourth-order valence-electron chi connectivity index (χ4n) is 4.05. The van der Waals surface area contributed by atoms with Crippen LogP contribution >= 0.6 is 24.8 Å². The minimum Gasteiger partial charge on any atom is -0.147 e. The van der Waals surface area contributed by atoms with Crippen LogP contribution in [0.5, 0.6) is 0 Å². The van der Waals surface area contributed by atoms with Crippen molar-refractivity contribution in [3.05, 3.63) is 103 Å². The predicted molar refractivity (Wildman–Crippen MR) is 126 cm³/mol. The van der Waals surface area contributed by atoms with Crippen LogP contribution in [0.1, 0.15) is 24.0 Å². The molecule has 0 spiro atoms. The van der Waals surface area contributed by atoms with Gasteiger partial charge < -0.3 is 0 Å². The molecule has 0 aromatic heterocycles. The Balaban J connectivity index is 0.00000140. The number of hydrogen-bond acceptors (Lipinski definition) is 0. The van der Waals surface area contributed by atoms with E-state index in [1.165, 1.54) is 35.1 Å². The van der Waals surface area contributed by atoms with Crippen LogP contribution in [-0.4, -0.2) is 5.43 Å². The Bertz CT molecular complexity index is 904. The molecule has 0 unspecified atom stereocenters. The van der Waals surface area contributed by atoms with Gasteiger partial charge in [0, 0.05) is 0 Å². The summed E-state index contributed by atoms with van der Waals surface area (Å²) in [5.74, 6) is 0. The summed E-state index contributed by atoms with van der Waals surface area (Å²) in [4.78, 5) is 0. The first-order valence-corrected chi connectivity index (χ1v) is 18.0. The van der Waals surface area contributed by atoms with Crippen LogP contribution in [0.25, 0.3) is 11.1 Å². The number of allylic oxidation sites excluding steroid dienone is 8. The third kappa shape index (κ3) is 4.79. The predicted octanol–water partition coefficient (Wildman–Crippen LogP) is 7.44. The zero-order chi connectivity index (χ0) is 17.9. The molecule has 0 bridgehead atoms. The minimum atomic E-state index is -1.85. The summed E-state index contributed by atoms with van der Waals surface area (Å²) in [6, 6.07) is 22.0. The standard InChI is InChI=1S/2C11H9.C2H6Si.2ClH.Zr/c2*1-2-6-10(7-3-1)11-8-4-5-9-11;1-3-2;;;/h2*1-4,6-8H,5H2;1-2H3;2*1H;. The summed E-state index contributed by atoms with van der Waals surface area (Å²) in [6.07, 6.45) is 11.9. The zero-order valence-electron chi connectivity index (χ0n) is 16.3. The van der Waals surface area contributed by atoms with E-state index in [-0.39, 0.29) is 30.2 Å². The Morgan fingerprint density at radius 3 is 1.39 bits per heavy atom. The quantitative estimate of drug-likeness (QED) is 0.380. The van der Waals surface area contributed by atoms with Gasteiger partial charge in [-0.1, -0.05) is 0 Å². The molecule has 0 radical (unpaired) electrons.